The first-order valence-corrected chi connectivity index (χ1v) is 5.07. The summed E-state index contributed by atoms with van der Waals surface area (Å²) in [6.07, 6.45) is 2.79. The van der Waals surface area contributed by atoms with Gasteiger partial charge in [-0.05, 0) is 25.5 Å². The standard InChI is InChI=1S/C9H12BrNO/c1-8-9(4-2-6-11-8)12-7-3-5-10/h2,4,6H,3,5,7H2,1H3. The molecule has 0 atom stereocenters. The van der Waals surface area contributed by atoms with Crippen molar-refractivity contribution in [2.24, 2.45) is 0 Å². The second-order valence-corrected chi connectivity index (χ2v) is 3.27. The molecule has 0 radical (unpaired) electrons. The number of hydrogen-bond acceptors (Lipinski definition) is 2. The lowest BCUT2D eigenvalue weighted by atomic mass is 10.3. The zero-order chi connectivity index (χ0) is 8.81. The SMILES string of the molecule is Cc1ncccc1OCCCBr. The highest BCUT2D eigenvalue weighted by molar-refractivity contribution is 9.09. The molecule has 1 aromatic rings. The van der Waals surface area contributed by atoms with E-state index in [9.17, 15) is 0 Å². The lowest BCUT2D eigenvalue weighted by Crippen LogP contribution is -1.99. The molecule has 0 aromatic carbocycles. The van der Waals surface area contributed by atoms with Crippen LogP contribution in [0.1, 0.15) is 12.1 Å². The lowest BCUT2D eigenvalue weighted by molar-refractivity contribution is 0.315. The molecule has 1 rings (SSSR count). The van der Waals surface area contributed by atoms with Crippen LogP contribution >= 0.6 is 15.9 Å². The van der Waals surface area contributed by atoms with E-state index >= 15 is 0 Å². The van der Waals surface area contributed by atoms with Crippen LogP contribution in [0.4, 0.5) is 0 Å². The molecule has 2 nitrogen and oxygen atoms in total. The van der Waals surface area contributed by atoms with E-state index in [1.54, 1.807) is 6.20 Å². The number of aryl methyl sites for hydroxylation is 1. The smallest absolute Gasteiger partial charge is 0.140 e. The molecule has 0 aliphatic carbocycles. The van der Waals surface area contributed by atoms with Gasteiger partial charge in [0.2, 0.25) is 0 Å². The normalized spacial score (nSPS) is 9.83. The van der Waals surface area contributed by atoms with Crippen LogP contribution < -0.4 is 4.74 Å². The van der Waals surface area contributed by atoms with Crippen LogP contribution in [0.2, 0.25) is 0 Å². The quantitative estimate of drug-likeness (QED) is 0.585. The second-order valence-electron chi connectivity index (χ2n) is 2.48. The average molecular weight is 230 g/mol. The fourth-order valence-corrected chi connectivity index (χ4v) is 1.09. The molecular formula is C9H12BrNO. The van der Waals surface area contributed by atoms with Crippen molar-refractivity contribution in [2.75, 3.05) is 11.9 Å². The van der Waals surface area contributed by atoms with Crippen molar-refractivity contribution >= 4 is 15.9 Å². The molecule has 0 bridgehead atoms. The number of aromatic nitrogens is 1. The van der Waals surface area contributed by atoms with Crippen LogP contribution in [0.5, 0.6) is 5.75 Å². The van der Waals surface area contributed by atoms with E-state index in [1.165, 1.54) is 0 Å². The molecule has 12 heavy (non-hydrogen) atoms. The summed E-state index contributed by atoms with van der Waals surface area (Å²) < 4.78 is 5.48. The summed E-state index contributed by atoms with van der Waals surface area (Å²) in [6.45, 7) is 2.70. The van der Waals surface area contributed by atoms with E-state index in [0.29, 0.717) is 0 Å². The third kappa shape index (κ3) is 2.81. The van der Waals surface area contributed by atoms with Crippen LogP contribution in [0, 0.1) is 6.92 Å². The summed E-state index contributed by atoms with van der Waals surface area (Å²) in [4.78, 5) is 4.12. The predicted molar refractivity (Wildman–Crippen MR) is 52.9 cm³/mol. The molecule has 1 heterocycles. The number of halogens is 1. The Bertz CT molecular complexity index is 240. The van der Waals surface area contributed by atoms with E-state index < -0.39 is 0 Å². The highest BCUT2D eigenvalue weighted by Gasteiger charge is 1.96. The fraction of sp³-hybridized carbons (Fsp3) is 0.444. The molecule has 0 saturated heterocycles. The first kappa shape index (κ1) is 9.52. The number of ether oxygens (including phenoxy) is 1. The minimum Gasteiger partial charge on any atom is -0.492 e. The van der Waals surface area contributed by atoms with Crippen LogP contribution in [0.3, 0.4) is 0 Å². The fourth-order valence-electron chi connectivity index (χ4n) is 0.859. The van der Waals surface area contributed by atoms with E-state index in [2.05, 4.69) is 20.9 Å². The first-order chi connectivity index (χ1) is 5.84. The number of pyridine rings is 1. The highest BCUT2D eigenvalue weighted by Crippen LogP contribution is 2.13. The maximum Gasteiger partial charge on any atom is 0.140 e. The van der Waals surface area contributed by atoms with E-state index in [1.807, 2.05) is 19.1 Å². The van der Waals surface area contributed by atoms with Crippen molar-refractivity contribution in [3.05, 3.63) is 24.0 Å². The van der Waals surface area contributed by atoms with Gasteiger partial charge in [0.15, 0.2) is 0 Å². The summed E-state index contributed by atoms with van der Waals surface area (Å²) >= 11 is 3.35. The molecule has 0 unspecified atom stereocenters. The first-order valence-electron chi connectivity index (χ1n) is 3.95. The summed E-state index contributed by atoms with van der Waals surface area (Å²) in [5.41, 5.74) is 0.951. The molecule has 1 aromatic heterocycles. The van der Waals surface area contributed by atoms with Crippen molar-refractivity contribution in [1.29, 1.82) is 0 Å². The molecule has 66 valence electrons. The lowest BCUT2D eigenvalue weighted by Gasteiger charge is -2.06. The van der Waals surface area contributed by atoms with Crippen molar-refractivity contribution in [3.63, 3.8) is 0 Å². The third-order valence-electron chi connectivity index (χ3n) is 1.49. The summed E-state index contributed by atoms with van der Waals surface area (Å²) in [6, 6.07) is 3.83. The Kier molecular flexibility index (Phi) is 4.08. The largest absolute Gasteiger partial charge is 0.492 e. The van der Waals surface area contributed by atoms with Crippen molar-refractivity contribution < 1.29 is 4.74 Å². The van der Waals surface area contributed by atoms with E-state index in [-0.39, 0.29) is 0 Å². The van der Waals surface area contributed by atoms with Gasteiger partial charge in [0.05, 0.1) is 12.3 Å². The minimum atomic E-state index is 0.748. The summed E-state index contributed by atoms with van der Waals surface area (Å²) in [5.74, 6) is 0.887. The summed E-state index contributed by atoms with van der Waals surface area (Å²) in [7, 11) is 0. The Labute approximate surface area is 81.1 Å². The molecule has 0 N–H and O–H groups in total. The van der Waals surface area contributed by atoms with Gasteiger partial charge in [-0.15, -0.1) is 0 Å². The molecule has 0 fully saturated rings. The number of rotatable bonds is 4. The zero-order valence-electron chi connectivity index (χ0n) is 7.09. The Morgan fingerprint density at radius 3 is 3.08 bits per heavy atom. The maximum atomic E-state index is 5.48. The minimum absolute atomic E-state index is 0.748. The Balaban J connectivity index is 2.46. The van der Waals surface area contributed by atoms with Gasteiger partial charge in [-0.25, -0.2) is 0 Å². The summed E-state index contributed by atoms with van der Waals surface area (Å²) in [5, 5.41) is 0.978. The highest BCUT2D eigenvalue weighted by atomic mass is 79.9. The van der Waals surface area contributed by atoms with Gasteiger partial charge < -0.3 is 4.74 Å². The molecule has 0 aliphatic rings. The number of hydrogen-bond donors (Lipinski definition) is 0. The number of alkyl halides is 1. The van der Waals surface area contributed by atoms with Gasteiger partial charge in [0.25, 0.3) is 0 Å². The van der Waals surface area contributed by atoms with Gasteiger partial charge in [-0.3, -0.25) is 4.98 Å². The van der Waals surface area contributed by atoms with Crippen LogP contribution in [-0.2, 0) is 0 Å². The van der Waals surface area contributed by atoms with Gasteiger partial charge in [-0.2, -0.15) is 0 Å². The van der Waals surface area contributed by atoms with E-state index in [4.69, 9.17) is 4.74 Å². The Morgan fingerprint density at radius 1 is 1.58 bits per heavy atom. The second kappa shape index (κ2) is 5.14. The van der Waals surface area contributed by atoms with Crippen molar-refractivity contribution in [2.45, 2.75) is 13.3 Å². The van der Waals surface area contributed by atoms with Crippen LogP contribution in [0.15, 0.2) is 18.3 Å². The Hall–Kier alpha value is -0.570. The topological polar surface area (TPSA) is 22.1 Å². The molecular weight excluding hydrogens is 218 g/mol. The molecule has 0 spiro atoms. The maximum absolute atomic E-state index is 5.48. The van der Waals surface area contributed by atoms with Gasteiger partial charge in [-0.1, -0.05) is 15.9 Å². The van der Waals surface area contributed by atoms with Gasteiger partial charge in [0, 0.05) is 11.5 Å². The molecule has 0 amide bonds. The van der Waals surface area contributed by atoms with Crippen molar-refractivity contribution in [3.8, 4) is 5.75 Å². The monoisotopic (exact) mass is 229 g/mol. The van der Waals surface area contributed by atoms with Gasteiger partial charge >= 0.3 is 0 Å². The predicted octanol–water partition coefficient (Wildman–Crippen LogP) is 2.55. The molecule has 0 aliphatic heterocycles. The molecule has 3 heteroatoms. The zero-order valence-corrected chi connectivity index (χ0v) is 8.67. The van der Waals surface area contributed by atoms with Crippen LogP contribution in [0.25, 0.3) is 0 Å². The Morgan fingerprint density at radius 2 is 2.42 bits per heavy atom. The third-order valence-corrected chi connectivity index (χ3v) is 2.05. The molecule has 0 saturated carbocycles. The van der Waals surface area contributed by atoms with Crippen molar-refractivity contribution in [1.82, 2.24) is 4.98 Å². The van der Waals surface area contributed by atoms with Crippen LogP contribution in [-0.4, -0.2) is 16.9 Å². The average Bonchev–Trinajstić information content (AvgIpc) is 2.09. The number of nitrogens with zero attached hydrogens (tertiary/aromatic N) is 1. The van der Waals surface area contributed by atoms with E-state index in [0.717, 1.165) is 29.8 Å². The van der Waals surface area contributed by atoms with Gasteiger partial charge in [0.1, 0.15) is 5.75 Å².